The van der Waals surface area contributed by atoms with E-state index < -0.39 is 5.97 Å². The number of thioether (sulfide) groups is 1. The molecule has 0 aliphatic heterocycles. The smallest absolute Gasteiger partial charge is 0.361 e. The van der Waals surface area contributed by atoms with E-state index in [0.29, 0.717) is 12.3 Å². The molecular weight excluding hydrogens is 226 g/mol. The van der Waals surface area contributed by atoms with Crippen molar-refractivity contribution in [1.82, 2.24) is 9.78 Å². The number of anilines is 1. The zero-order chi connectivity index (χ0) is 12.0. The highest BCUT2D eigenvalue weighted by Crippen LogP contribution is 2.11. The molecule has 0 spiro atoms. The van der Waals surface area contributed by atoms with E-state index in [9.17, 15) is 4.79 Å². The Hall–Kier alpha value is -1.17. The van der Waals surface area contributed by atoms with Crippen LogP contribution in [0.5, 0.6) is 0 Å². The van der Waals surface area contributed by atoms with Crippen molar-refractivity contribution in [3.63, 3.8) is 0 Å². The number of rotatable bonds is 6. The minimum Gasteiger partial charge on any atom is -0.461 e. The maximum atomic E-state index is 11.4. The average molecular weight is 243 g/mol. The minimum atomic E-state index is -0.457. The Labute approximate surface area is 99.3 Å². The Kier molecular flexibility index (Phi) is 5.18. The van der Waals surface area contributed by atoms with E-state index >= 15 is 0 Å². The molecule has 0 fully saturated rings. The summed E-state index contributed by atoms with van der Waals surface area (Å²) in [5.41, 5.74) is 6.27. The number of nitrogens with two attached hydrogens (primary N) is 1. The van der Waals surface area contributed by atoms with Crippen LogP contribution in [0.25, 0.3) is 0 Å². The lowest BCUT2D eigenvalue weighted by Crippen LogP contribution is -2.09. The first-order valence-corrected chi connectivity index (χ1v) is 6.42. The summed E-state index contributed by atoms with van der Waals surface area (Å²) in [6, 6.07) is 0. The number of aryl methyl sites for hydroxylation is 1. The third-order valence-corrected chi connectivity index (χ3v) is 2.81. The number of esters is 1. The van der Waals surface area contributed by atoms with Crippen LogP contribution in [0.2, 0.25) is 0 Å². The zero-order valence-electron chi connectivity index (χ0n) is 9.60. The van der Waals surface area contributed by atoms with E-state index in [-0.39, 0.29) is 5.69 Å². The molecule has 0 saturated carbocycles. The number of carbonyl (C=O) groups is 1. The van der Waals surface area contributed by atoms with Crippen molar-refractivity contribution in [2.45, 2.75) is 20.4 Å². The monoisotopic (exact) mass is 243 g/mol. The Morgan fingerprint density at radius 1 is 1.62 bits per heavy atom. The second-order valence-corrected chi connectivity index (χ2v) is 4.51. The second kappa shape index (κ2) is 6.42. The number of nitrogen functional groups attached to an aromatic ring is 1. The summed E-state index contributed by atoms with van der Waals surface area (Å²) in [4.78, 5) is 11.4. The van der Waals surface area contributed by atoms with Gasteiger partial charge in [-0.15, -0.1) is 0 Å². The first-order valence-electron chi connectivity index (χ1n) is 5.26. The molecule has 0 saturated heterocycles. The van der Waals surface area contributed by atoms with E-state index in [0.717, 1.165) is 18.1 Å². The number of nitrogens with zero attached hydrogens (tertiary/aromatic N) is 2. The van der Waals surface area contributed by atoms with Gasteiger partial charge in [-0.3, -0.25) is 4.68 Å². The predicted molar refractivity (Wildman–Crippen MR) is 65.6 cm³/mol. The number of aromatic nitrogens is 2. The summed E-state index contributed by atoms with van der Waals surface area (Å²) in [5.74, 6) is 1.57. The van der Waals surface area contributed by atoms with Crippen LogP contribution in [0, 0.1) is 0 Å². The molecular formula is C10H17N3O2S. The molecule has 1 aromatic heterocycles. The summed E-state index contributed by atoms with van der Waals surface area (Å²) in [6.07, 6.45) is 1.67. The topological polar surface area (TPSA) is 70.1 Å². The van der Waals surface area contributed by atoms with Gasteiger partial charge in [0.1, 0.15) is 0 Å². The van der Waals surface area contributed by atoms with Crippen molar-refractivity contribution < 1.29 is 9.53 Å². The molecule has 90 valence electrons. The van der Waals surface area contributed by atoms with Crippen LogP contribution in [0.4, 0.5) is 5.69 Å². The van der Waals surface area contributed by atoms with Crippen molar-refractivity contribution in [2.75, 3.05) is 23.8 Å². The Morgan fingerprint density at radius 2 is 2.38 bits per heavy atom. The van der Waals surface area contributed by atoms with Crippen molar-refractivity contribution >= 4 is 23.4 Å². The zero-order valence-corrected chi connectivity index (χ0v) is 10.4. The molecule has 0 atom stereocenters. The van der Waals surface area contributed by atoms with Gasteiger partial charge in [-0.05, 0) is 12.7 Å². The molecule has 0 aromatic carbocycles. The normalized spacial score (nSPS) is 10.4. The van der Waals surface area contributed by atoms with Gasteiger partial charge >= 0.3 is 5.97 Å². The maximum absolute atomic E-state index is 11.4. The largest absolute Gasteiger partial charge is 0.461 e. The van der Waals surface area contributed by atoms with Gasteiger partial charge in [0.05, 0.1) is 18.8 Å². The SMILES string of the molecule is CCOC(=O)c1nn(CCSCC)cc1N. The molecule has 0 radical (unpaired) electrons. The fourth-order valence-electron chi connectivity index (χ4n) is 1.21. The van der Waals surface area contributed by atoms with Gasteiger partial charge in [-0.2, -0.15) is 16.9 Å². The lowest BCUT2D eigenvalue weighted by molar-refractivity contribution is 0.0519. The first-order chi connectivity index (χ1) is 7.69. The van der Waals surface area contributed by atoms with E-state index in [4.69, 9.17) is 10.5 Å². The van der Waals surface area contributed by atoms with Gasteiger partial charge in [0, 0.05) is 11.9 Å². The first kappa shape index (κ1) is 12.9. The minimum absolute atomic E-state index is 0.211. The van der Waals surface area contributed by atoms with Gasteiger partial charge < -0.3 is 10.5 Å². The molecule has 2 N–H and O–H groups in total. The van der Waals surface area contributed by atoms with Crippen LogP contribution in [-0.4, -0.2) is 33.9 Å². The lowest BCUT2D eigenvalue weighted by Gasteiger charge is -1.99. The Bertz CT molecular complexity index is 352. The number of carbonyl (C=O) groups excluding carboxylic acids is 1. The van der Waals surface area contributed by atoms with Gasteiger partial charge in [0.15, 0.2) is 5.69 Å². The van der Waals surface area contributed by atoms with E-state index in [1.54, 1.807) is 17.8 Å². The summed E-state index contributed by atoms with van der Waals surface area (Å²) < 4.78 is 6.53. The van der Waals surface area contributed by atoms with Gasteiger partial charge in [-0.25, -0.2) is 4.79 Å². The highest BCUT2D eigenvalue weighted by atomic mass is 32.2. The van der Waals surface area contributed by atoms with Crippen molar-refractivity contribution in [3.05, 3.63) is 11.9 Å². The Balaban J connectivity index is 2.62. The van der Waals surface area contributed by atoms with E-state index in [1.807, 2.05) is 11.8 Å². The van der Waals surface area contributed by atoms with Crippen LogP contribution >= 0.6 is 11.8 Å². The van der Waals surface area contributed by atoms with Gasteiger partial charge in [0.2, 0.25) is 0 Å². The van der Waals surface area contributed by atoms with E-state index in [1.165, 1.54) is 0 Å². The molecule has 0 bridgehead atoms. The molecule has 0 unspecified atom stereocenters. The maximum Gasteiger partial charge on any atom is 0.361 e. The molecule has 1 rings (SSSR count). The van der Waals surface area contributed by atoms with Gasteiger partial charge in [0.25, 0.3) is 0 Å². The quantitative estimate of drug-likeness (QED) is 0.604. The second-order valence-electron chi connectivity index (χ2n) is 3.11. The van der Waals surface area contributed by atoms with Crippen LogP contribution in [0.3, 0.4) is 0 Å². The molecule has 0 aliphatic rings. The molecule has 1 aromatic rings. The van der Waals surface area contributed by atoms with Crippen molar-refractivity contribution in [2.24, 2.45) is 0 Å². The van der Waals surface area contributed by atoms with Crippen molar-refractivity contribution in [3.8, 4) is 0 Å². The lowest BCUT2D eigenvalue weighted by atomic mass is 10.4. The third-order valence-electron chi connectivity index (χ3n) is 1.93. The summed E-state index contributed by atoms with van der Waals surface area (Å²) in [5, 5.41) is 4.10. The van der Waals surface area contributed by atoms with Crippen LogP contribution < -0.4 is 5.73 Å². The Morgan fingerprint density at radius 3 is 3.00 bits per heavy atom. The van der Waals surface area contributed by atoms with Crippen LogP contribution in [-0.2, 0) is 11.3 Å². The highest BCUT2D eigenvalue weighted by Gasteiger charge is 2.15. The molecule has 6 heteroatoms. The summed E-state index contributed by atoms with van der Waals surface area (Å²) in [6.45, 7) is 4.94. The summed E-state index contributed by atoms with van der Waals surface area (Å²) in [7, 11) is 0. The number of hydrogen-bond acceptors (Lipinski definition) is 5. The fourth-order valence-corrected chi connectivity index (χ4v) is 1.82. The highest BCUT2D eigenvalue weighted by molar-refractivity contribution is 7.99. The number of hydrogen-bond donors (Lipinski definition) is 1. The van der Waals surface area contributed by atoms with Crippen molar-refractivity contribution in [1.29, 1.82) is 0 Å². The summed E-state index contributed by atoms with van der Waals surface area (Å²) >= 11 is 1.82. The number of ether oxygens (including phenoxy) is 1. The molecule has 0 aliphatic carbocycles. The fraction of sp³-hybridized carbons (Fsp3) is 0.600. The molecule has 1 heterocycles. The predicted octanol–water partition coefficient (Wildman–Crippen LogP) is 1.40. The molecule has 0 amide bonds. The van der Waals surface area contributed by atoms with Gasteiger partial charge in [-0.1, -0.05) is 6.92 Å². The van der Waals surface area contributed by atoms with Crippen LogP contribution in [0.1, 0.15) is 24.3 Å². The standard InChI is InChI=1S/C10H17N3O2S/c1-3-15-10(14)9-8(11)7-13(12-9)5-6-16-4-2/h7H,3-6,11H2,1-2H3. The molecule has 5 nitrogen and oxygen atoms in total. The van der Waals surface area contributed by atoms with Crippen LogP contribution in [0.15, 0.2) is 6.20 Å². The molecule has 16 heavy (non-hydrogen) atoms. The third kappa shape index (κ3) is 3.44. The van der Waals surface area contributed by atoms with E-state index in [2.05, 4.69) is 12.0 Å². The average Bonchev–Trinajstić information content (AvgIpc) is 2.61.